The SMILES string of the molecule is [2H]c1cc([2H])c2c(c1[2H])c1c([2H])c([2H])cc([2H])c1n2-c1cccc2oc3c(-c4nc(-c5ccccc5)nc(-c5c([2H])c([2H])c([2H])c([2H])c5[2H])n4)cccc3c12. The molecular weight excluding hydrogens is 540 g/mol. The van der Waals surface area contributed by atoms with E-state index in [0.29, 0.717) is 38.8 Å². The van der Waals surface area contributed by atoms with Gasteiger partial charge in [0.05, 0.1) is 42.7 Å². The van der Waals surface area contributed by atoms with Crippen LogP contribution in [-0.2, 0) is 0 Å². The zero-order chi connectivity index (χ0) is 38.6. The Balaban J connectivity index is 1.37. The zero-order valence-corrected chi connectivity index (χ0v) is 22.7. The number of fused-ring (bicyclic) bond motifs is 6. The lowest BCUT2D eigenvalue weighted by molar-refractivity contribution is 0.669. The molecule has 6 aromatic carbocycles. The summed E-state index contributed by atoms with van der Waals surface area (Å²) in [5, 5.41) is 1.39. The van der Waals surface area contributed by atoms with E-state index >= 15 is 0 Å². The normalized spacial score (nSPS) is 15.1. The average Bonchev–Trinajstić information content (AvgIpc) is 3.76. The first-order valence-corrected chi connectivity index (χ1v) is 13.7. The van der Waals surface area contributed by atoms with Crippen molar-refractivity contribution in [3.05, 3.63) is 145 Å². The predicted octanol–water partition coefficient (Wildman–Crippen LogP) is 9.87. The minimum atomic E-state index is -0.546. The van der Waals surface area contributed by atoms with Gasteiger partial charge >= 0.3 is 0 Å². The summed E-state index contributed by atoms with van der Waals surface area (Å²) in [5.74, 6) is 0.160. The van der Waals surface area contributed by atoms with Crippen LogP contribution in [0, 0.1) is 0 Å². The van der Waals surface area contributed by atoms with Crippen LogP contribution in [0.25, 0.3) is 83.6 Å². The van der Waals surface area contributed by atoms with Crippen LogP contribution in [0.1, 0.15) is 15.1 Å². The molecule has 0 unspecified atom stereocenters. The van der Waals surface area contributed by atoms with Crippen molar-refractivity contribution in [3.8, 4) is 39.9 Å². The highest BCUT2D eigenvalue weighted by molar-refractivity contribution is 6.16. The van der Waals surface area contributed by atoms with E-state index in [0.717, 1.165) is 0 Å². The van der Waals surface area contributed by atoms with Crippen molar-refractivity contribution in [2.75, 3.05) is 0 Å². The van der Waals surface area contributed by atoms with E-state index in [-0.39, 0.29) is 81.1 Å². The van der Waals surface area contributed by atoms with Gasteiger partial charge in [-0.3, -0.25) is 0 Å². The molecule has 0 aliphatic rings. The largest absolute Gasteiger partial charge is 0.455 e. The molecule has 9 rings (SSSR count). The molecule has 0 atom stereocenters. The van der Waals surface area contributed by atoms with Gasteiger partial charge in [0.1, 0.15) is 11.2 Å². The molecule has 5 nitrogen and oxygen atoms in total. The third-order valence-corrected chi connectivity index (χ3v) is 7.50. The fourth-order valence-corrected chi connectivity index (χ4v) is 5.63. The first-order valence-electron chi connectivity index (χ1n) is 19.2. The van der Waals surface area contributed by atoms with E-state index in [1.54, 1.807) is 59.2 Å². The van der Waals surface area contributed by atoms with Crippen LogP contribution in [0.5, 0.6) is 0 Å². The highest BCUT2D eigenvalue weighted by Crippen LogP contribution is 2.41. The number of para-hydroxylation sites is 3. The molecule has 3 aromatic heterocycles. The van der Waals surface area contributed by atoms with Crippen molar-refractivity contribution in [1.82, 2.24) is 19.5 Å². The van der Waals surface area contributed by atoms with E-state index in [1.807, 2.05) is 12.1 Å². The van der Waals surface area contributed by atoms with Gasteiger partial charge in [-0.15, -0.1) is 0 Å². The Labute approximate surface area is 268 Å². The van der Waals surface area contributed by atoms with Crippen molar-refractivity contribution >= 4 is 43.7 Å². The summed E-state index contributed by atoms with van der Waals surface area (Å²) in [5.41, 5.74) is 2.42. The van der Waals surface area contributed by atoms with Crippen molar-refractivity contribution < 1.29 is 19.5 Å². The number of benzene rings is 6. The van der Waals surface area contributed by atoms with E-state index in [2.05, 4.69) is 9.97 Å². The number of hydrogen-bond donors (Lipinski definition) is 0. The van der Waals surface area contributed by atoms with Crippen LogP contribution in [0.4, 0.5) is 0 Å². The summed E-state index contributed by atoms with van der Waals surface area (Å²) in [6.07, 6.45) is 0. The Bertz CT molecular complexity index is 3030. The molecule has 0 aliphatic carbocycles. The lowest BCUT2D eigenvalue weighted by atomic mass is 10.1. The van der Waals surface area contributed by atoms with Crippen LogP contribution in [0.2, 0.25) is 0 Å². The summed E-state index contributed by atoms with van der Waals surface area (Å²) in [7, 11) is 0. The van der Waals surface area contributed by atoms with Crippen LogP contribution < -0.4 is 0 Å². The molecule has 0 amide bonds. The van der Waals surface area contributed by atoms with Gasteiger partial charge in [-0.1, -0.05) is 115 Å². The quantitative estimate of drug-likeness (QED) is 0.210. The van der Waals surface area contributed by atoms with Crippen LogP contribution in [0.15, 0.2) is 150 Å². The predicted molar refractivity (Wildman–Crippen MR) is 178 cm³/mol. The van der Waals surface area contributed by atoms with Crippen molar-refractivity contribution in [2.45, 2.75) is 0 Å². The fraction of sp³-hybridized carbons (Fsp3) is 0. The zero-order valence-electron chi connectivity index (χ0n) is 33.7. The standard InChI is InChI=1S/C39H24N4O/c1-3-13-25(14-4-1)37-40-38(26-15-5-2-6-16-26)42-39(41-37)30-20-11-19-29-35-33(23-12-24-34(35)44-36(29)30)43-31-21-9-7-17-27(31)28-18-8-10-22-32(28)43/h1-24H/i1D,3D,4D,7D,8D,13D,14D,17D,18D,21D,22D. The van der Waals surface area contributed by atoms with Gasteiger partial charge in [-0.2, -0.15) is 0 Å². The van der Waals surface area contributed by atoms with Gasteiger partial charge in [0.2, 0.25) is 0 Å². The Morgan fingerprint density at radius 1 is 0.523 bits per heavy atom. The minimum absolute atomic E-state index is 0.0955. The number of furan rings is 1. The van der Waals surface area contributed by atoms with Gasteiger partial charge in [0.15, 0.2) is 17.5 Å². The third kappa shape index (κ3) is 3.76. The molecule has 0 spiro atoms. The Hall–Kier alpha value is -6.07. The van der Waals surface area contributed by atoms with Gasteiger partial charge in [0, 0.05) is 27.3 Å². The summed E-state index contributed by atoms with van der Waals surface area (Å²) in [6.45, 7) is 0. The molecule has 9 aromatic rings. The molecule has 0 bridgehead atoms. The van der Waals surface area contributed by atoms with Crippen molar-refractivity contribution in [1.29, 1.82) is 0 Å². The van der Waals surface area contributed by atoms with Gasteiger partial charge in [0.25, 0.3) is 0 Å². The topological polar surface area (TPSA) is 56.7 Å². The molecule has 0 N–H and O–H groups in total. The molecule has 5 heteroatoms. The van der Waals surface area contributed by atoms with E-state index in [9.17, 15) is 0 Å². The van der Waals surface area contributed by atoms with E-state index < -0.39 is 30.2 Å². The Morgan fingerprint density at radius 3 is 1.95 bits per heavy atom. The Kier molecular flexibility index (Phi) is 3.54. The lowest BCUT2D eigenvalue weighted by Gasteiger charge is -2.10. The van der Waals surface area contributed by atoms with Crippen LogP contribution in [0.3, 0.4) is 0 Å². The molecule has 0 saturated carbocycles. The highest BCUT2D eigenvalue weighted by atomic mass is 16.3. The second kappa shape index (κ2) is 9.75. The number of hydrogen-bond acceptors (Lipinski definition) is 4. The summed E-state index contributed by atoms with van der Waals surface area (Å²) >= 11 is 0. The first kappa shape index (κ1) is 16.0. The maximum atomic E-state index is 8.95. The maximum absolute atomic E-state index is 8.95. The molecular formula is C39H24N4O. The van der Waals surface area contributed by atoms with Crippen molar-refractivity contribution in [3.63, 3.8) is 0 Å². The monoisotopic (exact) mass is 575 g/mol. The van der Waals surface area contributed by atoms with Crippen LogP contribution >= 0.6 is 0 Å². The van der Waals surface area contributed by atoms with E-state index in [1.165, 1.54) is 12.1 Å². The van der Waals surface area contributed by atoms with Gasteiger partial charge < -0.3 is 8.98 Å². The van der Waals surface area contributed by atoms with Crippen molar-refractivity contribution in [2.24, 2.45) is 0 Å². The fourth-order valence-electron chi connectivity index (χ4n) is 5.63. The molecule has 0 aliphatic heterocycles. The highest BCUT2D eigenvalue weighted by Gasteiger charge is 2.21. The van der Waals surface area contributed by atoms with E-state index in [4.69, 9.17) is 24.5 Å². The molecule has 3 heterocycles. The number of aromatic nitrogens is 4. The molecule has 44 heavy (non-hydrogen) atoms. The molecule has 0 saturated heterocycles. The first-order chi connectivity index (χ1) is 26.4. The number of rotatable bonds is 4. The van der Waals surface area contributed by atoms with Gasteiger partial charge in [-0.05, 0) is 30.3 Å². The lowest BCUT2D eigenvalue weighted by Crippen LogP contribution is -2.00. The minimum Gasteiger partial charge on any atom is -0.455 e. The Morgan fingerprint density at radius 2 is 1.20 bits per heavy atom. The summed E-state index contributed by atoms with van der Waals surface area (Å²) in [4.78, 5) is 14.1. The second-order valence-electron chi connectivity index (χ2n) is 10.0. The third-order valence-electron chi connectivity index (χ3n) is 7.50. The maximum Gasteiger partial charge on any atom is 0.167 e. The molecule has 206 valence electrons. The molecule has 0 radical (unpaired) electrons. The smallest absolute Gasteiger partial charge is 0.167 e. The summed E-state index contributed by atoms with van der Waals surface area (Å²) < 4.78 is 102. The molecule has 0 fully saturated rings. The summed E-state index contributed by atoms with van der Waals surface area (Å²) in [6, 6.07) is 18.4. The second-order valence-corrected chi connectivity index (χ2v) is 10.0. The van der Waals surface area contributed by atoms with Crippen LogP contribution in [-0.4, -0.2) is 19.5 Å². The average molecular weight is 576 g/mol. The van der Waals surface area contributed by atoms with Gasteiger partial charge in [-0.25, -0.2) is 15.0 Å². The number of nitrogens with zero attached hydrogens (tertiary/aromatic N) is 4.